The van der Waals surface area contributed by atoms with E-state index in [0.29, 0.717) is 17.2 Å². The van der Waals surface area contributed by atoms with E-state index in [1.165, 1.54) is 0 Å². The van der Waals surface area contributed by atoms with E-state index in [1.54, 1.807) is 6.20 Å². The summed E-state index contributed by atoms with van der Waals surface area (Å²) in [4.78, 5) is 8.42. The minimum Gasteiger partial charge on any atom is -0.480 e. The fraction of sp³-hybridized carbons (Fsp3) is 0.294. The Labute approximate surface area is 134 Å². The maximum atomic E-state index is 10.2. The van der Waals surface area contributed by atoms with Crippen LogP contribution >= 0.6 is 11.6 Å². The third kappa shape index (κ3) is 2.66. The van der Waals surface area contributed by atoms with Crippen LogP contribution in [0, 0.1) is 0 Å². The fourth-order valence-electron chi connectivity index (χ4n) is 2.67. The minimum atomic E-state index is -0.00180. The van der Waals surface area contributed by atoms with E-state index in [2.05, 4.69) is 16.9 Å². The van der Waals surface area contributed by atoms with Gasteiger partial charge in [-0.15, -0.1) is 0 Å². The summed E-state index contributed by atoms with van der Waals surface area (Å²) in [6.07, 6.45) is 4.80. The summed E-state index contributed by atoms with van der Waals surface area (Å²) in [6, 6.07) is 9.90. The van der Waals surface area contributed by atoms with Gasteiger partial charge in [0.25, 0.3) is 6.01 Å². The first kappa shape index (κ1) is 14.9. The lowest BCUT2D eigenvalue weighted by Crippen LogP contribution is -1.99. The Morgan fingerprint density at radius 1 is 1.18 bits per heavy atom. The molecular weight excluding hydrogens is 298 g/mol. The minimum absolute atomic E-state index is 0.00180. The third-order valence-electron chi connectivity index (χ3n) is 3.75. The van der Waals surface area contributed by atoms with Gasteiger partial charge in [0.15, 0.2) is 5.65 Å². The van der Waals surface area contributed by atoms with Crippen LogP contribution in [-0.4, -0.2) is 19.6 Å². The number of unbranched alkanes of at least 4 members (excludes halogenated alkanes) is 2. The van der Waals surface area contributed by atoms with E-state index in [-0.39, 0.29) is 6.01 Å². The van der Waals surface area contributed by atoms with Crippen LogP contribution in [0.15, 0.2) is 36.5 Å². The second-order valence-electron chi connectivity index (χ2n) is 5.29. The van der Waals surface area contributed by atoms with Gasteiger partial charge >= 0.3 is 0 Å². The van der Waals surface area contributed by atoms with Crippen LogP contribution in [0.5, 0.6) is 6.01 Å². The first-order chi connectivity index (χ1) is 10.7. The van der Waals surface area contributed by atoms with Gasteiger partial charge in [-0.3, -0.25) is 4.57 Å². The summed E-state index contributed by atoms with van der Waals surface area (Å²) in [7, 11) is 0. The molecule has 0 spiro atoms. The van der Waals surface area contributed by atoms with Crippen molar-refractivity contribution in [2.24, 2.45) is 0 Å². The van der Waals surface area contributed by atoms with Crippen LogP contribution in [0.25, 0.3) is 22.3 Å². The Morgan fingerprint density at radius 3 is 2.68 bits per heavy atom. The lowest BCUT2D eigenvalue weighted by Gasteiger charge is -2.10. The normalized spacial score (nSPS) is 11.2. The molecule has 0 saturated carbocycles. The number of hydrogen-bond acceptors (Lipinski definition) is 3. The van der Waals surface area contributed by atoms with Gasteiger partial charge in [0.1, 0.15) is 0 Å². The average molecular weight is 316 g/mol. The van der Waals surface area contributed by atoms with E-state index in [0.717, 1.165) is 35.9 Å². The number of benzene rings is 1. The van der Waals surface area contributed by atoms with E-state index >= 15 is 0 Å². The summed E-state index contributed by atoms with van der Waals surface area (Å²) >= 11 is 6.40. The molecular formula is C17H18ClN3O. The largest absolute Gasteiger partial charge is 0.480 e. The molecule has 0 saturated heterocycles. The van der Waals surface area contributed by atoms with Crippen molar-refractivity contribution in [3.8, 4) is 17.1 Å². The SMILES string of the molecule is CCCCCn1c(O)nc2ncc(Cl)c(-c3ccccc3)c21. The molecule has 0 atom stereocenters. The van der Waals surface area contributed by atoms with Gasteiger partial charge in [0.2, 0.25) is 0 Å². The molecule has 3 rings (SSSR count). The van der Waals surface area contributed by atoms with Gasteiger partial charge in [0, 0.05) is 18.3 Å². The highest BCUT2D eigenvalue weighted by Crippen LogP contribution is 2.35. The number of imidazole rings is 1. The Bertz CT molecular complexity index is 783. The van der Waals surface area contributed by atoms with Crippen molar-refractivity contribution in [1.82, 2.24) is 14.5 Å². The highest BCUT2D eigenvalue weighted by atomic mass is 35.5. The number of aryl methyl sites for hydroxylation is 1. The van der Waals surface area contributed by atoms with E-state index in [9.17, 15) is 5.11 Å². The van der Waals surface area contributed by atoms with Crippen LogP contribution in [0.2, 0.25) is 5.02 Å². The summed E-state index contributed by atoms with van der Waals surface area (Å²) in [6.45, 7) is 2.86. The third-order valence-corrected chi connectivity index (χ3v) is 4.04. The van der Waals surface area contributed by atoms with Crippen LogP contribution in [0.3, 0.4) is 0 Å². The highest BCUT2D eigenvalue weighted by molar-refractivity contribution is 6.34. The summed E-state index contributed by atoms with van der Waals surface area (Å²) in [5.41, 5.74) is 3.19. The van der Waals surface area contributed by atoms with Crippen LogP contribution in [-0.2, 0) is 6.54 Å². The summed E-state index contributed by atoms with van der Waals surface area (Å²) in [5.74, 6) is 0. The molecule has 2 heterocycles. The molecule has 0 radical (unpaired) electrons. The lowest BCUT2D eigenvalue weighted by atomic mass is 10.1. The average Bonchev–Trinajstić information content (AvgIpc) is 2.85. The van der Waals surface area contributed by atoms with Crippen molar-refractivity contribution in [2.45, 2.75) is 32.7 Å². The van der Waals surface area contributed by atoms with Gasteiger partial charge < -0.3 is 5.11 Å². The number of pyridine rings is 1. The van der Waals surface area contributed by atoms with E-state index < -0.39 is 0 Å². The van der Waals surface area contributed by atoms with E-state index in [1.807, 2.05) is 34.9 Å². The molecule has 5 heteroatoms. The standard InChI is InChI=1S/C17H18ClN3O/c1-2-3-7-10-21-15-14(12-8-5-4-6-9-12)13(18)11-19-16(15)20-17(21)22/h4-6,8-9,11H,2-3,7,10H2,1H3,(H,19,20,22). The number of aromatic nitrogens is 3. The lowest BCUT2D eigenvalue weighted by molar-refractivity contribution is 0.397. The molecule has 0 unspecified atom stereocenters. The number of halogens is 1. The van der Waals surface area contributed by atoms with Gasteiger partial charge in [-0.1, -0.05) is 61.7 Å². The Morgan fingerprint density at radius 2 is 1.95 bits per heavy atom. The summed E-state index contributed by atoms with van der Waals surface area (Å²) < 4.78 is 1.81. The zero-order chi connectivity index (χ0) is 15.5. The zero-order valence-corrected chi connectivity index (χ0v) is 13.2. The second kappa shape index (κ2) is 6.36. The van der Waals surface area contributed by atoms with Crippen LogP contribution in [0.4, 0.5) is 0 Å². The molecule has 3 aromatic rings. The molecule has 114 valence electrons. The molecule has 0 bridgehead atoms. The number of fused-ring (bicyclic) bond motifs is 1. The highest BCUT2D eigenvalue weighted by Gasteiger charge is 2.18. The predicted molar refractivity (Wildman–Crippen MR) is 89.2 cm³/mol. The molecule has 0 fully saturated rings. The Hall–Kier alpha value is -2.07. The molecule has 1 aromatic carbocycles. The second-order valence-corrected chi connectivity index (χ2v) is 5.70. The molecule has 0 aliphatic rings. The predicted octanol–water partition coefficient (Wildman–Crippen LogP) is 4.65. The maximum absolute atomic E-state index is 10.2. The monoisotopic (exact) mass is 315 g/mol. The van der Waals surface area contributed by atoms with Crippen molar-refractivity contribution in [3.63, 3.8) is 0 Å². The number of hydrogen-bond donors (Lipinski definition) is 1. The van der Waals surface area contributed by atoms with Crippen molar-refractivity contribution >= 4 is 22.8 Å². The van der Waals surface area contributed by atoms with Crippen LogP contribution < -0.4 is 0 Å². The molecule has 0 amide bonds. The number of rotatable bonds is 5. The van der Waals surface area contributed by atoms with Gasteiger partial charge in [-0.2, -0.15) is 4.98 Å². The number of nitrogens with zero attached hydrogens (tertiary/aromatic N) is 3. The van der Waals surface area contributed by atoms with Gasteiger partial charge in [-0.05, 0) is 12.0 Å². The van der Waals surface area contributed by atoms with Crippen molar-refractivity contribution < 1.29 is 5.11 Å². The Kier molecular flexibility index (Phi) is 4.29. The quantitative estimate of drug-likeness (QED) is 0.697. The fourth-order valence-corrected chi connectivity index (χ4v) is 2.92. The molecule has 0 aliphatic carbocycles. The smallest absolute Gasteiger partial charge is 0.296 e. The summed E-state index contributed by atoms with van der Waals surface area (Å²) in [5, 5.41) is 10.7. The van der Waals surface area contributed by atoms with Crippen molar-refractivity contribution in [3.05, 3.63) is 41.6 Å². The number of aromatic hydroxyl groups is 1. The first-order valence-electron chi connectivity index (χ1n) is 7.51. The molecule has 0 aliphatic heterocycles. The molecule has 4 nitrogen and oxygen atoms in total. The molecule has 1 N–H and O–H groups in total. The molecule has 2 aromatic heterocycles. The van der Waals surface area contributed by atoms with Crippen molar-refractivity contribution in [2.75, 3.05) is 0 Å². The zero-order valence-electron chi connectivity index (χ0n) is 12.5. The van der Waals surface area contributed by atoms with Gasteiger partial charge in [-0.25, -0.2) is 4.98 Å². The maximum Gasteiger partial charge on any atom is 0.296 e. The van der Waals surface area contributed by atoms with E-state index in [4.69, 9.17) is 11.6 Å². The molecule has 22 heavy (non-hydrogen) atoms. The topological polar surface area (TPSA) is 50.9 Å². The Balaban J connectivity index is 2.19. The van der Waals surface area contributed by atoms with Gasteiger partial charge in [0.05, 0.1) is 10.5 Å². The van der Waals surface area contributed by atoms with Crippen molar-refractivity contribution in [1.29, 1.82) is 0 Å². The first-order valence-corrected chi connectivity index (χ1v) is 7.89. The van der Waals surface area contributed by atoms with Crippen LogP contribution in [0.1, 0.15) is 26.2 Å².